The molecule has 0 bridgehead atoms. The maximum Gasteiger partial charge on any atom is 0.219 e. The first-order chi connectivity index (χ1) is 9.00. The van der Waals surface area contributed by atoms with Crippen LogP contribution in [0.25, 0.3) is 0 Å². The Balaban J connectivity index is 2.29. The molecule has 0 N–H and O–H groups in total. The second-order valence-corrected chi connectivity index (χ2v) is 5.53. The van der Waals surface area contributed by atoms with E-state index >= 15 is 0 Å². The quantitative estimate of drug-likeness (QED) is 0.821. The van der Waals surface area contributed by atoms with Gasteiger partial charge in [-0.1, -0.05) is 0 Å². The lowest BCUT2D eigenvalue weighted by atomic mass is 9.95. The van der Waals surface area contributed by atoms with Gasteiger partial charge in [0.1, 0.15) is 5.82 Å². The molecule has 1 aromatic heterocycles. The van der Waals surface area contributed by atoms with Gasteiger partial charge in [-0.2, -0.15) is 0 Å². The maximum atomic E-state index is 11.7. The van der Waals surface area contributed by atoms with Crippen LogP contribution in [0.3, 0.4) is 0 Å². The average molecular weight is 261 g/mol. The molecular formula is C15H23N3O. The fourth-order valence-electron chi connectivity index (χ4n) is 2.89. The van der Waals surface area contributed by atoms with E-state index in [1.54, 1.807) is 6.92 Å². The van der Waals surface area contributed by atoms with Crippen molar-refractivity contribution in [2.45, 2.75) is 39.2 Å². The average Bonchev–Trinajstić information content (AvgIpc) is 2.38. The smallest absolute Gasteiger partial charge is 0.219 e. The number of aryl methyl sites for hydroxylation is 1. The summed E-state index contributed by atoms with van der Waals surface area (Å²) in [4.78, 5) is 20.3. The number of nitrogens with zero attached hydrogens (tertiary/aromatic N) is 3. The molecule has 1 aromatic rings. The van der Waals surface area contributed by atoms with Crippen molar-refractivity contribution in [3.05, 3.63) is 23.4 Å². The highest BCUT2D eigenvalue weighted by Gasteiger charge is 2.26. The Hall–Kier alpha value is -1.58. The Bertz CT molecular complexity index is 470. The van der Waals surface area contributed by atoms with Crippen molar-refractivity contribution in [2.75, 3.05) is 25.5 Å². The molecule has 0 aromatic carbocycles. The van der Waals surface area contributed by atoms with E-state index in [0.717, 1.165) is 36.3 Å². The van der Waals surface area contributed by atoms with Crippen LogP contribution in [0.15, 0.2) is 12.3 Å². The van der Waals surface area contributed by atoms with E-state index in [1.165, 1.54) is 6.42 Å². The van der Waals surface area contributed by atoms with E-state index in [9.17, 15) is 4.79 Å². The van der Waals surface area contributed by atoms with Crippen LogP contribution >= 0.6 is 0 Å². The van der Waals surface area contributed by atoms with Crippen molar-refractivity contribution in [2.24, 2.45) is 0 Å². The fourth-order valence-corrected chi connectivity index (χ4v) is 2.89. The summed E-state index contributed by atoms with van der Waals surface area (Å²) in [6.07, 6.45) is 5.26. The van der Waals surface area contributed by atoms with Gasteiger partial charge in [-0.25, -0.2) is 4.98 Å². The first-order valence-corrected chi connectivity index (χ1v) is 6.91. The zero-order chi connectivity index (χ0) is 14.0. The van der Waals surface area contributed by atoms with E-state index in [2.05, 4.69) is 18.0 Å². The van der Waals surface area contributed by atoms with E-state index < -0.39 is 0 Å². The van der Waals surface area contributed by atoms with Crippen molar-refractivity contribution in [1.82, 2.24) is 9.88 Å². The summed E-state index contributed by atoms with van der Waals surface area (Å²) in [6, 6.07) is 2.38. The summed E-state index contributed by atoms with van der Waals surface area (Å²) < 4.78 is 0. The number of hydrogen-bond donors (Lipinski definition) is 0. The topological polar surface area (TPSA) is 36.4 Å². The third kappa shape index (κ3) is 2.88. The highest BCUT2D eigenvalue weighted by molar-refractivity contribution is 5.74. The Morgan fingerprint density at radius 1 is 1.42 bits per heavy atom. The van der Waals surface area contributed by atoms with E-state index in [0.29, 0.717) is 0 Å². The molecule has 0 unspecified atom stereocenters. The van der Waals surface area contributed by atoms with Gasteiger partial charge in [0, 0.05) is 33.8 Å². The van der Waals surface area contributed by atoms with Crippen LogP contribution in [0.4, 0.5) is 5.82 Å². The zero-order valence-electron chi connectivity index (χ0n) is 12.3. The van der Waals surface area contributed by atoms with Gasteiger partial charge < -0.3 is 9.80 Å². The van der Waals surface area contributed by atoms with E-state index in [1.807, 2.05) is 30.1 Å². The van der Waals surface area contributed by atoms with Gasteiger partial charge in [0.15, 0.2) is 0 Å². The first kappa shape index (κ1) is 13.8. The van der Waals surface area contributed by atoms with Crippen molar-refractivity contribution >= 4 is 11.7 Å². The maximum absolute atomic E-state index is 11.7. The molecule has 4 heteroatoms. The first-order valence-electron chi connectivity index (χ1n) is 6.91. The highest BCUT2D eigenvalue weighted by atomic mass is 16.2. The van der Waals surface area contributed by atoms with Gasteiger partial charge in [-0.15, -0.1) is 0 Å². The molecule has 0 spiro atoms. The molecule has 0 aliphatic carbocycles. The Morgan fingerprint density at radius 3 is 2.74 bits per heavy atom. The molecule has 4 nitrogen and oxygen atoms in total. The van der Waals surface area contributed by atoms with E-state index in [-0.39, 0.29) is 11.9 Å². The second kappa shape index (κ2) is 5.59. The molecule has 1 fully saturated rings. The molecule has 1 amide bonds. The fraction of sp³-hybridized carbons (Fsp3) is 0.600. The summed E-state index contributed by atoms with van der Waals surface area (Å²) in [5.74, 6) is 1.16. The molecule has 2 heterocycles. The van der Waals surface area contributed by atoms with Crippen LogP contribution in [-0.4, -0.2) is 36.4 Å². The number of pyridine rings is 1. The van der Waals surface area contributed by atoms with Gasteiger partial charge in [0.2, 0.25) is 5.91 Å². The lowest BCUT2D eigenvalue weighted by molar-refractivity contribution is -0.132. The monoisotopic (exact) mass is 261 g/mol. The second-order valence-electron chi connectivity index (χ2n) is 5.53. The van der Waals surface area contributed by atoms with Crippen molar-refractivity contribution in [3.63, 3.8) is 0 Å². The summed E-state index contributed by atoms with van der Waals surface area (Å²) in [5.41, 5.74) is 2.33. The lowest BCUT2D eigenvalue weighted by Gasteiger charge is -2.35. The molecular weight excluding hydrogens is 238 g/mol. The van der Waals surface area contributed by atoms with Gasteiger partial charge in [-0.05, 0) is 43.4 Å². The minimum Gasteiger partial charge on any atom is -0.363 e. The Kier molecular flexibility index (Phi) is 4.08. The van der Waals surface area contributed by atoms with Crippen LogP contribution in [0.2, 0.25) is 0 Å². The summed E-state index contributed by atoms with van der Waals surface area (Å²) in [6.45, 7) is 4.61. The normalized spacial score (nSPS) is 19.4. The van der Waals surface area contributed by atoms with Gasteiger partial charge in [0.05, 0.1) is 6.04 Å². The molecule has 1 atom stereocenters. The molecule has 0 radical (unpaired) electrons. The van der Waals surface area contributed by atoms with Gasteiger partial charge in [0.25, 0.3) is 0 Å². The van der Waals surface area contributed by atoms with Crippen LogP contribution in [0, 0.1) is 6.92 Å². The number of carbonyl (C=O) groups excluding carboxylic acids is 1. The predicted molar refractivity (Wildman–Crippen MR) is 77.3 cm³/mol. The molecule has 19 heavy (non-hydrogen) atoms. The number of carbonyl (C=O) groups is 1. The minimum absolute atomic E-state index is 0.166. The van der Waals surface area contributed by atoms with Crippen LogP contribution in [0.1, 0.15) is 43.4 Å². The van der Waals surface area contributed by atoms with E-state index in [4.69, 9.17) is 0 Å². The summed E-state index contributed by atoms with van der Waals surface area (Å²) in [5, 5.41) is 0. The largest absolute Gasteiger partial charge is 0.363 e. The molecule has 1 aliphatic heterocycles. The number of piperidine rings is 1. The Labute approximate surface area is 115 Å². The van der Waals surface area contributed by atoms with Gasteiger partial charge in [-0.3, -0.25) is 4.79 Å². The molecule has 1 aliphatic rings. The predicted octanol–water partition coefficient (Wildman–Crippen LogP) is 2.53. The molecule has 2 rings (SSSR count). The summed E-state index contributed by atoms with van der Waals surface area (Å²) in [7, 11) is 4.00. The highest BCUT2D eigenvalue weighted by Crippen LogP contribution is 2.32. The van der Waals surface area contributed by atoms with Gasteiger partial charge >= 0.3 is 0 Å². The van der Waals surface area contributed by atoms with Crippen molar-refractivity contribution in [1.29, 1.82) is 0 Å². The standard InChI is InChI=1S/C15H23N3O/c1-11-9-13(10-16-15(11)17(3)4)14-7-5-6-8-18(14)12(2)19/h9-10,14H,5-8H2,1-4H3/t14-/m1/s1. The molecule has 1 saturated heterocycles. The third-order valence-electron chi connectivity index (χ3n) is 3.79. The third-order valence-corrected chi connectivity index (χ3v) is 3.79. The van der Waals surface area contributed by atoms with Crippen LogP contribution in [-0.2, 0) is 4.79 Å². The number of anilines is 1. The van der Waals surface area contributed by atoms with Crippen molar-refractivity contribution in [3.8, 4) is 0 Å². The number of rotatable bonds is 2. The Morgan fingerprint density at radius 2 is 2.16 bits per heavy atom. The SMILES string of the molecule is CC(=O)N1CCCC[C@@H]1c1cnc(N(C)C)c(C)c1. The zero-order valence-corrected chi connectivity index (χ0v) is 12.3. The van der Waals surface area contributed by atoms with Crippen LogP contribution < -0.4 is 4.90 Å². The molecule has 0 saturated carbocycles. The van der Waals surface area contributed by atoms with Crippen molar-refractivity contribution < 1.29 is 4.79 Å². The number of likely N-dealkylation sites (tertiary alicyclic amines) is 1. The lowest BCUT2D eigenvalue weighted by Crippen LogP contribution is -2.37. The number of aromatic nitrogens is 1. The minimum atomic E-state index is 0.166. The van der Waals surface area contributed by atoms with Crippen LogP contribution in [0.5, 0.6) is 0 Å². The summed E-state index contributed by atoms with van der Waals surface area (Å²) >= 11 is 0. The molecule has 104 valence electrons. The number of hydrogen-bond acceptors (Lipinski definition) is 3. The number of amides is 1.